The van der Waals surface area contributed by atoms with Crippen molar-refractivity contribution in [3.05, 3.63) is 46.6 Å². The fourth-order valence-electron chi connectivity index (χ4n) is 2.33. The Balaban J connectivity index is 2.30. The first-order valence-corrected chi connectivity index (χ1v) is 8.97. The van der Waals surface area contributed by atoms with Gasteiger partial charge in [-0.3, -0.25) is 0 Å². The van der Waals surface area contributed by atoms with Gasteiger partial charge in [0.25, 0.3) is 0 Å². The van der Waals surface area contributed by atoms with E-state index in [0.717, 1.165) is 15.3 Å². The number of hydrogen-bond acceptors (Lipinski definition) is 4. The van der Waals surface area contributed by atoms with E-state index in [1.54, 1.807) is 33.9 Å². The van der Waals surface area contributed by atoms with Crippen LogP contribution in [0.15, 0.2) is 30.3 Å². The van der Waals surface area contributed by atoms with E-state index in [1.807, 2.05) is 25.1 Å². The summed E-state index contributed by atoms with van der Waals surface area (Å²) in [6.45, 7) is 7.44. The molecular weight excluding hydrogens is 339 g/mol. The van der Waals surface area contributed by atoms with Gasteiger partial charge in [0.15, 0.2) is 0 Å². The molecule has 2 N–H and O–H groups in total. The second-order valence-electron chi connectivity index (χ2n) is 7.09. The van der Waals surface area contributed by atoms with Gasteiger partial charge in [-0.1, -0.05) is 12.1 Å². The first-order valence-electron chi connectivity index (χ1n) is 8.15. The summed E-state index contributed by atoms with van der Waals surface area (Å²) in [5.74, 6) is -0.344. The summed E-state index contributed by atoms with van der Waals surface area (Å²) < 4.78 is 19.8. The zero-order chi connectivity index (χ0) is 18.8. The average molecular weight is 364 g/mol. The molecule has 0 bridgehead atoms. The highest BCUT2D eigenvalue weighted by molar-refractivity contribution is 7.15. The van der Waals surface area contributed by atoms with Crippen LogP contribution in [0.4, 0.5) is 9.18 Å². The standard InChI is InChI=1S/C19H25FN2O2S/c1-12(21)16-9-10-17(25-16)13-7-6-8-15(20)14(13)11-22(5)18(23)24-19(2,3)4/h6-10,12H,11,21H2,1-5H3/t12-/m0/s1. The van der Waals surface area contributed by atoms with Crippen molar-refractivity contribution < 1.29 is 13.9 Å². The maximum atomic E-state index is 14.5. The maximum Gasteiger partial charge on any atom is 0.410 e. The van der Waals surface area contributed by atoms with Gasteiger partial charge in [0, 0.05) is 28.4 Å². The van der Waals surface area contributed by atoms with Crippen molar-refractivity contribution in [2.45, 2.75) is 45.9 Å². The van der Waals surface area contributed by atoms with Gasteiger partial charge in [-0.25, -0.2) is 9.18 Å². The SMILES string of the molecule is C[C@H](N)c1ccc(-c2cccc(F)c2CN(C)C(=O)OC(C)(C)C)s1. The fourth-order valence-corrected chi connectivity index (χ4v) is 3.35. The van der Waals surface area contributed by atoms with Crippen LogP contribution in [0.1, 0.15) is 44.2 Å². The van der Waals surface area contributed by atoms with Crippen molar-refractivity contribution in [2.75, 3.05) is 7.05 Å². The minimum Gasteiger partial charge on any atom is -0.444 e. The smallest absolute Gasteiger partial charge is 0.410 e. The third-order valence-electron chi connectivity index (χ3n) is 3.56. The van der Waals surface area contributed by atoms with Gasteiger partial charge in [-0.05, 0) is 51.5 Å². The second kappa shape index (κ2) is 7.54. The molecule has 2 rings (SSSR count). The summed E-state index contributed by atoms with van der Waals surface area (Å²) in [6, 6.07) is 8.76. The Kier molecular flexibility index (Phi) is 5.85. The van der Waals surface area contributed by atoms with Crippen LogP contribution in [0.25, 0.3) is 10.4 Å². The van der Waals surface area contributed by atoms with Crippen LogP contribution in [0, 0.1) is 5.82 Å². The highest BCUT2D eigenvalue weighted by Crippen LogP contribution is 2.34. The van der Waals surface area contributed by atoms with Crippen molar-refractivity contribution in [1.29, 1.82) is 0 Å². The van der Waals surface area contributed by atoms with Crippen LogP contribution >= 0.6 is 11.3 Å². The van der Waals surface area contributed by atoms with Crippen LogP contribution in [0.5, 0.6) is 0 Å². The largest absolute Gasteiger partial charge is 0.444 e. The molecule has 1 heterocycles. The highest BCUT2D eigenvalue weighted by atomic mass is 32.1. The van der Waals surface area contributed by atoms with Crippen molar-refractivity contribution in [2.24, 2.45) is 5.73 Å². The molecule has 0 aliphatic heterocycles. The Hall–Kier alpha value is -1.92. The van der Waals surface area contributed by atoms with E-state index in [-0.39, 0.29) is 18.4 Å². The van der Waals surface area contributed by atoms with E-state index < -0.39 is 11.7 Å². The number of nitrogens with two attached hydrogens (primary N) is 1. The predicted molar refractivity (Wildman–Crippen MR) is 100 cm³/mol. The lowest BCUT2D eigenvalue weighted by Crippen LogP contribution is -2.34. The lowest BCUT2D eigenvalue weighted by Gasteiger charge is -2.25. The molecule has 0 aliphatic rings. The quantitative estimate of drug-likeness (QED) is 0.836. The van der Waals surface area contributed by atoms with Gasteiger partial charge in [-0.15, -0.1) is 11.3 Å². The molecule has 1 amide bonds. The molecule has 0 unspecified atom stereocenters. The molecule has 0 saturated heterocycles. The molecule has 2 aromatic rings. The monoisotopic (exact) mass is 364 g/mol. The van der Waals surface area contributed by atoms with Gasteiger partial charge in [0.05, 0.1) is 6.54 Å². The molecule has 1 atom stereocenters. The van der Waals surface area contributed by atoms with Crippen LogP contribution in [0.2, 0.25) is 0 Å². The molecule has 0 spiro atoms. The Morgan fingerprint density at radius 2 is 2.00 bits per heavy atom. The predicted octanol–water partition coefficient (Wildman–Crippen LogP) is 4.94. The van der Waals surface area contributed by atoms with Crippen LogP contribution in [-0.4, -0.2) is 23.6 Å². The van der Waals surface area contributed by atoms with Crippen molar-refractivity contribution >= 4 is 17.4 Å². The van der Waals surface area contributed by atoms with Crippen molar-refractivity contribution in [1.82, 2.24) is 4.90 Å². The van der Waals surface area contributed by atoms with E-state index >= 15 is 0 Å². The minimum absolute atomic E-state index is 0.0693. The van der Waals surface area contributed by atoms with E-state index in [1.165, 1.54) is 22.3 Å². The van der Waals surface area contributed by atoms with Gasteiger partial charge < -0.3 is 15.4 Å². The molecule has 136 valence electrons. The Labute approximate surface area is 152 Å². The second-order valence-corrected chi connectivity index (χ2v) is 8.21. The highest BCUT2D eigenvalue weighted by Gasteiger charge is 2.22. The number of carbonyl (C=O) groups excluding carboxylic acids is 1. The first kappa shape index (κ1) is 19.4. The molecule has 0 fully saturated rings. The zero-order valence-corrected chi connectivity index (χ0v) is 16.1. The molecule has 25 heavy (non-hydrogen) atoms. The number of amides is 1. The third-order valence-corrected chi connectivity index (χ3v) is 4.88. The molecule has 0 aliphatic carbocycles. The lowest BCUT2D eigenvalue weighted by molar-refractivity contribution is 0.0284. The van der Waals surface area contributed by atoms with Gasteiger partial charge in [-0.2, -0.15) is 0 Å². The molecule has 0 radical (unpaired) electrons. The number of ether oxygens (including phenoxy) is 1. The molecule has 1 aromatic heterocycles. The number of halogens is 1. The van der Waals surface area contributed by atoms with Gasteiger partial charge in [0.1, 0.15) is 11.4 Å². The molecule has 0 saturated carbocycles. The average Bonchev–Trinajstić information content (AvgIpc) is 2.97. The van der Waals surface area contributed by atoms with Crippen molar-refractivity contribution in [3.8, 4) is 10.4 Å². The summed E-state index contributed by atoms with van der Waals surface area (Å²) in [4.78, 5) is 15.5. The van der Waals surface area contributed by atoms with E-state index in [0.29, 0.717) is 5.56 Å². The van der Waals surface area contributed by atoms with E-state index in [2.05, 4.69) is 0 Å². The number of nitrogens with zero attached hydrogens (tertiary/aromatic N) is 1. The molecule has 4 nitrogen and oxygen atoms in total. The minimum atomic E-state index is -0.594. The van der Waals surface area contributed by atoms with E-state index in [9.17, 15) is 9.18 Å². The summed E-state index contributed by atoms with van der Waals surface area (Å²) >= 11 is 1.54. The fraction of sp³-hybridized carbons (Fsp3) is 0.421. The lowest BCUT2D eigenvalue weighted by atomic mass is 10.0. The number of benzene rings is 1. The molecular formula is C19H25FN2O2S. The third kappa shape index (κ3) is 5.03. The number of carbonyl (C=O) groups is 1. The summed E-state index contributed by atoms with van der Waals surface area (Å²) in [6.07, 6.45) is -0.482. The first-order chi connectivity index (χ1) is 11.6. The van der Waals surface area contributed by atoms with Gasteiger partial charge in [0.2, 0.25) is 0 Å². The summed E-state index contributed by atoms with van der Waals surface area (Å²) in [7, 11) is 1.60. The van der Waals surface area contributed by atoms with Crippen LogP contribution in [-0.2, 0) is 11.3 Å². The maximum absolute atomic E-state index is 14.5. The summed E-state index contributed by atoms with van der Waals surface area (Å²) in [5, 5.41) is 0. The topological polar surface area (TPSA) is 55.6 Å². The number of rotatable bonds is 4. The Morgan fingerprint density at radius 1 is 1.32 bits per heavy atom. The molecule has 6 heteroatoms. The Bertz CT molecular complexity index is 750. The van der Waals surface area contributed by atoms with Gasteiger partial charge >= 0.3 is 6.09 Å². The normalized spacial score (nSPS) is 12.8. The zero-order valence-electron chi connectivity index (χ0n) is 15.3. The van der Waals surface area contributed by atoms with Crippen molar-refractivity contribution in [3.63, 3.8) is 0 Å². The molecule has 1 aromatic carbocycles. The Morgan fingerprint density at radius 3 is 2.56 bits per heavy atom. The van der Waals surface area contributed by atoms with Crippen LogP contribution in [0.3, 0.4) is 0 Å². The number of hydrogen-bond donors (Lipinski definition) is 1. The summed E-state index contributed by atoms with van der Waals surface area (Å²) in [5.41, 5.74) is 6.56. The van der Waals surface area contributed by atoms with Crippen LogP contribution < -0.4 is 5.73 Å². The number of thiophene rings is 1. The van der Waals surface area contributed by atoms with E-state index in [4.69, 9.17) is 10.5 Å².